The van der Waals surface area contributed by atoms with E-state index in [-0.39, 0.29) is 6.04 Å². The van der Waals surface area contributed by atoms with E-state index >= 15 is 0 Å². The van der Waals surface area contributed by atoms with Crippen molar-refractivity contribution in [3.63, 3.8) is 0 Å². The Hall–Kier alpha value is -1.02. The van der Waals surface area contributed by atoms with E-state index in [1.54, 1.807) is 0 Å². The van der Waals surface area contributed by atoms with Gasteiger partial charge in [-0.3, -0.25) is 0 Å². The van der Waals surface area contributed by atoms with Crippen molar-refractivity contribution < 1.29 is 0 Å². The van der Waals surface area contributed by atoms with E-state index in [0.29, 0.717) is 0 Å². The van der Waals surface area contributed by atoms with Crippen LogP contribution in [0.2, 0.25) is 0 Å². The van der Waals surface area contributed by atoms with Crippen molar-refractivity contribution in [2.24, 2.45) is 5.73 Å². The van der Waals surface area contributed by atoms with Gasteiger partial charge in [-0.2, -0.15) is 0 Å². The Labute approximate surface area is 85.7 Å². The Kier molecular flexibility index (Phi) is 2.46. The summed E-state index contributed by atoms with van der Waals surface area (Å²) in [6.07, 6.45) is 1.18. The molecule has 1 heterocycles. The fraction of sp³-hybridized carbons (Fsp3) is 0.500. The lowest BCUT2D eigenvalue weighted by atomic mass is 10.1. The molecule has 14 heavy (non-hydrogen) atoms. The highest BCUT2D eigenvalue weighted by Gasteiger charge is 2.20. The first-order valence-corrected chi connectivity index (χ1v) is 5.27. The highest BCUT2D eigenvalue weighted by molar-refractivity contribution is 5.60. The highest BCUT2D eigenvalue weighted by Crippen LogP contribution is 2.29. The molecule has 0 bridgehead atoms. The lowest BCUT2D eigenvalue weighted by molar-refractivity contribution is 0.693. The van der Waals surface area contributed by atoms with Crippen LogP contribution in [0.3, 0.4) is 0 Å². The summed E-state index contributed by atoms with van der Waals surface area (Å²) in [6, 6.07) is 6.78. The van der Waals surface area contributed by atoms with Crippen molar-refractivity contribution >= 4 is 5.69 Å². The standard InChI is InChI=1S/C12H18N2/c1-9-4-3-5-12-11(9)6-7-14(12)8-10(2)13/h3-5,10H,6-8,13H2,1-2H3/t10-/m0/s1. The molecule has 0 unspecified atom stereocenters. The maximum atomic E-state index is 5.83. The molecule has 0 saturated heterocycles. The molecule has 0 aromatic heterocycles. The van der Waals surface area contributed by atoms with Crippen LogP contribution in [0.25, 0.3) is 0 Å². The summed E-state index contributed by atoms with van der Waals surface area (Å²) in [6.45, 7) is 6.35. The minimum absolute atomic E-state index is 0.251. The van der Waals surface area contributed by atoms with Gasteiger partial charge < -0.3 is 10.6 Å². The van der Waals surface area contributed by atoms with E-state index in [2.05, 4.69) is 36.9 Å². The molecule has 2 rings (SSSR count). The van der Waals surface area contributed by atoms with Gasteiger partial charge in [-0.1, -0.05) is 12.1 Å². The van der Waals surface area contributed by atoms with Gasteiger partial charge in [-0.05, 0) is 37.5 Å². The van der Waals surface area contributed by atoms with Crippen LogP contribution in [0, 0.1) is 6.92 Å². The number of fused-ring (bicyclic) bond motifs is 1. The molecule has 0 radical (unpaired) electrons. The van der Waals surface area contributed by atoms with Crippen molar-refractivity contribution in [1.82, 2.24) is 0 Å². The lowest BCUT2D eigenvalue weighted by Gasteiger charge is -2.21. The van der Waals surface area contributed by atoms with Crippen molar-refractivity contribution in [3.8, 4) is 0 Å². The zero-order valence-electron chi connectivity index (χ0n) is 8.96. The number of nitrogens with two attached hydrogens (primary N) is 1. The van der Waals surface area contributed by atoms with E-state index in [1.807, 2.05) is 0 Å². The zero-order valence-corrected chi connectivity index (χ0v) is 8.96. The van der Waals surface area contributed by atoms with Gasteiger partial charge in [0.2, 0.25) is 0 Å². The van der Waals surface area contributed by atoms with Crippen molar-refractivity contribution in [2.45, 2.75) is 26.3 Å². The molecule has 0 saturated carbocycles. The van der Waals surface area contributed by atoms with E-state index in [1.165, 1.54) is 23.2 Å². The first-order chi connectivity index (χ1) is 6.68. The fourth-order valence-corrected chi connectivity index (χ4v) is 2.21. The van der Waals surface area contributed by atoms with Gasteiger partial charge in [0, 0.05) is 24.8 Å². The molecule has 1 aromatic carbocycles. The quantitative estimate of drug-likeness (QED) is 0.769. The van der Waals surface area contributed by atoms with E-state index in [9.17, 15) is 0 Å². The fourth-order valence-electron chi connectivity index (χ4n) is 2.21. The molecule has 1 aliphatic rings. The number of hydrogen-bond donors (Lipinski definition) is 1. The van der Waals surface area contributed by atoms with Gasteiger partial charge in [0.05, 0.1) is 0 Å². The van der Waals surface area contributed by atoms with Crippen LogP contribution in [-0.2, 0) is 6.42 Å². The maximum absolute atomic E-state index is 5.83. The molecule has 0 spiro atoms. The second-order valence-corrected chi connectivity index (χ2v) is 4.25. The van der Waals surface area contributed by atoms with Gasteiger partial charge in [-0.15, -0.1) is 0 Å². The molecule has 0 amide bonds. The van der Waals surface area contributed by atoms with Crippen LogP contribution < -0.4 is 10.6 Å². The summed E-state index contributed by atoms with van der Waals surface area (Å²) in [5.74, 6) is 0. The monoisotopic (exact) mass is 190 g/mol. The van der Waals surface area contributed by atoms with Crippen molar-refractivity contribution in [1.29, 1.82) is 0 Å². The van der Waals surface area contributed by atoms with Gasteiger partial charge in [-0.25, -0.2) is 0 Å². The summed E-state index contributed by atoms with van der Waals surface area (Å²) in [7, 11) is 0. The molecule has 1 aliphatic heterocycles. The third kappa shape index (κ3) is 1.62. The third-order valence-corrected chi connectivity index (χ3v) is 2.87. The Bertz CT molecular complexity index is 331. The molecular weight excluding hydrogens is 172 g/mol. The van der Waals surface area contributed by atoms with E-state index < -0.39 is 0 Å². The Balaban J connectivity index is 2.26. The van der Waals surface area contributed by atoms with E-state index in [0.717, 1.165) is 13.1 Å². The Morgan fingerprint density at radius 3 is 3.00 bits per heavy atom. The average Bonchev–Trinajstić information content (AvgIpc) is 2.49. The van der Waals surface area contributed by atoms with Gasteiger partial charge in [0.15, 0.2) is 0 Å². The van der Waals surface area contributed by atoms with Gasteiger partial charge >= 0.3 is 0 Å². The SMILES string of the molecule is Cc1cccc2c1CCN2C[C@H](C)N. The predicted molar refractivity (Wildman–Crippen MR) is 60.7 cm³/mol. The zero-order chi connectivity index (χ0) is 10.1. The smallest absolute Gasteiger partial charge is 0.0402 e. The molecular formula is C12H18N2. The second-order valence-electron chi connectivity index (χ2n) is 4.25. The van der Waals surface area contributed by atoms with Crippen LogP contribution in [0.1, 0.15) is 18.1 Å². The molecule has 76 valence electrons. The molecule has 1 atom stereocenters. The van der Waals surface area contributed by atoms with E-state index in [4.69, 9.17) is 5.73 Å². The largest absolute Gasteiger partial charge is 0.369 e. The molecule has 2 nitrogen and oxygen atoms in total. The Morgan fingerprint density at radius 2 is 2.29 bits per heavy atom. The molecule has 0 aliphatic carbocycles. The van der Waals surface area contributed by atoms with Crippen LogP contribution in [0.15, 0.2) is 18.2 Å². The van der Waals surface area contributed by atoms with Crippen molar-refractivity contribution in [3.05, 3.63) is 29.3 Å². The van der Waals surface area contributed by atoms with Crippen molar-refractivity contribution in [2.75, 3.05) is 18.0 Å². The predicted octanol–water partition coefficient (Wildman–Crippen LogP) is 1.70. The van der Waals surface area contributed by atoms with Crippen LogP contribution in [0.5, 0.6) is 0 Å². The number of anilines is 1. The first-order valence-electron chi connectivity index (χ1n) is 5.27. The summed E-state index contributed by atoms with van der Waals surface area (Å²) in [5.41, 5.74) is 10.1. The molecule has 2 heteroatoms. The summed E-state index contributed by atoms with van der Waals surface area (Å²) in [4.78, 5) is 2.40. The van der Waals surface area contributed by atoms with Gasteiger partial charge in [0.1, 0.15) is 0 Å². The second kappa shape index (κ2) is 3.62. The van der Waals surface area contributed by atoms with Crippen LogP contribution >= 0.6 is 0 Å². The number of nitrogens with zero attached hydrogens (tertiary/aromatic N) is 1. The van der Waals surface area contributed by atoms with Gasteiger partial charge in [0.25, 0.3) is 0 Å². The van der Waals surface area contributed by atoms with Crippen LogP contribution in [-0.4, -0.2) is 19.1 Å². The highest BCUT2D eigenvalue weighted by atomic mass is 15.2. The number of aryl methyl sites for hydroxylation is 1. The molecule has 1 aromatic rings. The first kappa shape index (κ1) is 9.53. The Morgan fingerprint density at radius 1 is 1.50 bits per heavy atom. The normalized spacial score (nSPS) is 16.9. The minimum atomic E-state index is 0.251. The number of rotatable bonds is 2. The third-order valence-electron chi connectivity index (χ3n) is 2.87. The molecule has 2 N–H and O–H groups in total. The topological polar surface area (TPSA) is 29.3 Å². The van der Waals surface area contributed by atoms with Crippen LogP contribution in [0.4, 0.5) is 5.69 Å². The number of hydrogen-bond acceptors (Lipinski definition) is 2. The summed E-state index contributed by atoms with van der Waals surface area (Å²) >= 11 is 0. The minimum Gasteiger partial charge on any atom is -0.369 e. The number of benzene rings is 1. The maximum Gasteiger partial charge on any atom is 0.0402 e. The summed E-state index contributed by atoms with van der Waals surface area (Å²) in [5, 5.41) is 0. The summed E-state index contributed by atoms with van der Waals surface area (Å²) < 4.78 is 0. The lowest BCUT2D eigenvalue weighted by Crippen LogP contribution is -2.34. The molecule has 0 fully saturated rings. The average molecular weight is 190 g/mol.